The van der Waals surface area contributed by atoms with E-state index >= 15 is 0 Å². The zero-order valence-electron chi connectivity index (χ0n) is 12.7. The third kappa shape index (κ3) is 8.05. The van der Waals surface area contributed by atoms with E-state index < -0.39 is 51.2 Å². The maximum Gasteiger partial charge on any atom is 0.330 e. The molecule has 18 nitrogen and oxygen atoms in total. The summed E-state index contributed by atoms with van der Waals surface area (Å²) in [4.78, 5) is 108. The van der Waals surface area contributed by atoms with E-state index in [-0.39, 0.29) is 0 Å². The lowest BCUT2D eigenvalue weighted by atomic mass is 11.0. The second-order valence-corrected chi connectivity index (χ2v) is 4.09. The smallest absolute Gasteiger partial charge is 0.259 e. The summed E-state index contributed by atoms with van der Waals surface area (Å²) in [7, 11) is 0. The van der Waals surface area contributed by atoms with E-state index in [9.17, 15) is 43.2 Å². The third-order valence-electron chi connectivity index (χ3n) is 2.04. The molecule has 18 heteroatoms. The van der Waals surface area contributed by atoms with Crippen LogP contribution >= 0.6 is 0 Å². The molecule has 3 aromatic heterocycles. The number of nitrogens with one attached hydrogen (secondary N) is 9. The Hall–Kier alpha value is -4.77. The molecule has 0 aromatic carbocycles. The molecule has 0 atom stereocenters. The van der Waals surface area contributed by atoms with E-state index in [0.29, 0.717) is 0 Å². The minimum absolute atomic E-state index is 0.802. The van der Waals surface area contributed by atoms with Crippen molar-refractivity contribution in [1.82, 2.24) is 44.9 Å². The Morgan fingerprint density at radius 3 is 0.370 bits per heavy atom. The van der Waals surface area contributed by atoms with E-state index in [0.717, 1.165) is 0 Å². The van der Waals surface area contributed by atoms with Gasteiger partial charge in [-0.15, -0.1) is 0 Å². The number of hydrogen-bond donors (Lipinski definition) is 9. The first kappa shape index (κ1) is 20.3. The topological polar surface area (TPSA) is 296 Å². The second kappa shape index (κ2) is 8.91. The first-order valence-electron chi connectivity index (χ1n) is 6.34. The molecule has 0 unspecified atom stereocenters. The minimum Gasteiger partial charge on any atom is -0.259 e. The van der Waals surface area contributed by atoms with Gasteiger partial charge in [0.2, 0.25) is 0 Å². The molecule has 0 aliphatic heterocycles. The number of aromatic nitrogens is 9. The number of aromatic amines is 9. The van der Waals surface area contributed by atoms with Crippen molar-refractivity contribution in [3.8, 4) is 0 Å². The van der Waals surface area contributed by atoms with Crippen LogP contribution in [-0.2, 0) is 0 Å². The normalized spacial score (nSPS) is 9.33. The molecule has 9 N–H and O–H groups in total. The highest BCUT2D eigenvalue weighted by Gasteiger charge is 1.86. The molecule has 3 heterocycles. The fourth-order valence-electron chi connectivity index (χ4n) is 1.21. The van der Waals surface area contributed by atoms with E-state index in [1.165, 1.54) is 0 Å². The van der Waals surface area contributed by atoms with Crippen LogP contribution < -0.4 is 51.2 Å². The molecule has 0 amide bonds. The molecule has 0 saturated carbocycles. The van der Waals surface area contributed by atoms with Gasteiger partial charge < -0.3 is 0 Å². The molecule has 0 aliphatic rings. The van der Waals surface area contributed by atoms with Crippen molar-refractivity contribution in [2.45, 2.75) is 0 Å². The number of hydrogen-bond acceptors (Lipinski definition) is 9. The Bertz CT molecular complexity index is 1010. The predicted molar refractivity (Wildman–Crippen MR) is 84.9 cm³/mol. The second-order valence-electron chi connectivity index (χ2n) is 4.09. The zero-order chi connectivity index (χ0) is 20.6. The molecule has 0 aliphatic carbocycles. The monoisotopic (exact) mass is 387 g/mol. The Balaban J connectivity index is 0.000000202. The first-order chi connectivity index (χ1) is 12.5. The Morgan fingerprint density at radius 1 is 0.222 bits per heavy atom. The molecule has 27 heavy (non-hydrogen) atoms. The maximum atomic E-state index is 10.2. The van der Waals surface area contributed by atoms with Crippen LogP contribution in [0.1, 0.15) is 0 Å². The van der Waals surface area contributed by atoms with Gasteiger partial charge in [-0.25, -0.2) is 43.2 Å². The van der Waals surface area contributed by atoms with Crippen molar-refractivity contribution < 1.29 is 0 Å². The van der Waals surface area contributed by atoms with E-state index in [2.05, 4.69) is 0 Å². The molecule has 3 aromatic rings. The minimum atomic E-state index is -0.802. The zero-order valence-corrected chi connectivity index (χ0v) is 12.7. The summed E-state index contributed by atoms with van der Waals surface area (Å²) in [6.07, 6.45) is 0. The van der Waals surface area contributed by atoms with E-state index in [1.807, 2.05) is 0 Å². The number of rotatable bonds is 0. The summed E-state index contributed by atoms with van der Waals surface area (Å²) >= 11 is 0. The lowest BCUT2D eigenvalue weighted by Crippen LogP contribution is -2.34. The summed E-state index contributed by atoms with van der Waals surface area (Å²) < 4.78 is 0. The highest BCUT2D eigenvalue weighted by atomic mass is 16.2. The Kier molecular flexibility index (Phi) is 6.69. The fourth-order valence-corrected chi connectivity index (χ4v) is 1.21. The van der Waals surface area contributed by atoms with Crippen molar-refractivity contribution in [1.29, 1.82) is 0 Å². The van der Waals surface area contributed by atoms with E-state index in [1.54, 1.807) is 44.9 Å². The summed E-state index contributed by atoms with van der Waals surface area (Å²) in [5, 5.41) is 0. The largest absolute Gasteiger partial charge is 0.330 e. The van der Waals surface area contributed by atoms with Gasteiger partial charge in [0.05, 0.1) is 0 Å². The van der Waals surface area contributed by atoms with Crippen LogP contribution in [-0.4, -0.2) is 44.9 Å². The van der Waals surface area contributed by atoms with Gasteiger partial charge in [0.1, 0.15) is 0 Å². The molecule has 0 bridgehead atoms. The molecule has 0 saturated heterocycles. The standard InChI is InChI=1S/3C3H3N3O3/c3*7-1-4-2(8)6-3(9)5-1/h3*(H3,4,5,6,7,8,9). The quantitative estimate of drug-likeness (QED) is 0.177. The van der Waals surface area contributed by atoms with Crippen LogP contribution in [0.25, 0.3) is 0 Å². The summed E-state index contributed by atoms with van der Waals surface area (Å²) in [6.45, 7) is 0. The molecule has 3 rings (SSSR count). The van der Waals surface area contributed by atoms with Gasteiger partial charge in [-0.2, -0.15) is 0 Å². The van der Waals surface area contributed by atoms with Crippen LogP contribution in [0.2, 0.25) is 0 Å². The average Bonchev–Trinajstić information content (AvgIpc) is 2.43. The molecule has 0 fully saturated rings. The van der Waals surface area contributed by atoms with Gasteiger partial charge in [0.25, 0.3) is 0 Å². The molecular formula is C9H9N9O9. The van der Waals surface area contributed by atoms with Crippen molar-refractivity contribution in [2.24, 2.45) is 0 Å². The highest BCUT2D eigenvalue weighted by Crippen LogP contribution is 1.31. The highest BCUT2D eigenvalue weighted by molar-refractivity contribution is 4.61. The molecule has 0 radical (unpaired) electrons. The Labute approximate surface area is 140 Å². The number of H-pyrrole nitrogens is 9. The molecular weight excluding hydrogens is 378 g/mol. The van der Waals surface area contributed by atoms with Gasteiger partial charge in [0.15, 0.2) is 0 Å². The van der Waals surface area contributed by atoms with Crippen molar-refractivity contribution in [3.05, 3.63) is 94.4 Å². The molecule has 144 valence electrons. The summed E-state index contributed by atoms with van der Waals surface area (Å²) in [5.41, 5.74) is -7.22. The van der Waals surface area contributed by atoms with Gasteiger partial charge in [-0.3, -0.25) is 44.9 Å². The van der Waals surface area contributed by atoms with Crippen LogP contribution in [0.3, 0.4) is 0 Å². The third-order valence-corrected chi connectivity index (χ3v) is 2.04. The SMILES string of the molecule is O=c1[nH]c(=O)[nH]c(=O)[nH]1.O=c1[nH]c(=O)[nH]c(=O)[nH]1.O=c1[nH]c(=O)[nH]c(=O)[nH]1. The van der Waals surface area contributed by atoms with Crippen LogP contribution in [0, 0.1) is 0 Å². The summed E-state index contributed by atoms with van der Waals surface area (Å²) in [5.74, 6) is 0. The van der Waals surface area contributed by atoms with Crippen molar-refractivity contribution in [2.75, 3.05) is 0 Å². The van der Waals surface area contributed by atoms with Crippen molar-refractivity contribution in [3.63, 3.8) is 0 Å². The average molecular weight is 387 g/mol. The van der Waals surface area contributed by atoms with Gasteiger partial charge >= 0.3 is 51.2 Å². The van der Waals surface area contributed by atoms with Crippen LogP contribution in [0.4, 0.5) is 0 Å². The molecule has 0 spiro atoms. The maximum absolute atomic E-state index is 10.2. The van der Waals surface area contributed by atoms with Gasteiger partial charge in [-0.1, -0.05) is 0 Å². The van der Waals surface area contributed by atoms with Gasteiger partial charge in [-0.05, 0) is 0 Å². The Morgan fingerprint density at radius 2 is 0.296 bits per heavy atom. The summed E-state index contributed by atoms with van der Waals surface area (Å²) in [6, 6.07) is 0. The fraction of sp³-hybridized carbons (Fsp3) is 0. The van der Waals surface area contributed by atoms with Crippen LogP contribution in [0.5, 0.6) is 0 Å². The van der Waals surface area contributed by atoms with E-state index in [4.69, 9.17) is 0 Å². The van der Waals surface area contributed by atoms with Gasteiger partial charge in [0, 0.05) is 0 Å². The van der Waals surface area contributed by atoms with Crippen LogP contribution in [0.15, 0.2) is 43.2 Å². The first-order valence-corrected chi connectivity index (χ1v) is 6.34. The van der Waals surface area contributed by atoms with Crippen molar-refractivity contribution >= 4 is 0 Å². The lowest BCUT2D eigenvalue weighted by molar-refractivity contribution is 0.887. The predicted octanol–water partition coefficient (Wildman–Crippen LogP) is -6.75. The lowest BCUT2D eigenvalue weighted by Gasteiger charge is -1.77.